The molecule has 1 saturated carbocycles. The molecule has 1 aromatic carbocycles. The molecule has 0 amide bonds. The van der Waals surface area contributed by atoms with Crippen LogP contribution in [0.1, 0.15) is 56.9 Å². The molecule has 1 fully saturated rings. The zero-order valence-electron chi connectivity index (χ0n) is 12.3. The van der Waals surface area contributed by atoms with E-state index in [0.29, 0.717) is 11.3 Å². The molecular formula is C17H25ClO. The summed E-state index contributed by atoms with van der Waals surface area (Å²) in [5.41, 5.74) is 1.54. The Morgan fingerprint density at radius 2 is 1.74 bits per heavy atom. The maximum absolute atomic E-state index is 6.87. The molecule has 0 saturated heterocycles. The van der Waals surface area contributed by atoms with Crippen LogP contribution >= 0.6 is 11.6 Å². The lowest BCUT2D eigenvalue weighted by Crippen LogP contribution is -2.24. The van der Waals surface area contributed by atoms with Crippen molar-refractivity contribution in [2.45, 2.75) is 51.3 Å². The standard InChI is InChI=1S/C17H25ClO/c1-13(2)12-17(10-4-5-11-17)16(18)14-6-8-15(19-3)9-7-14/h6-9,13,16H,4-5,10-12H2,1-3H3. The molecule has 1 atom stereocenters. The smallest absolute Gasteiger partial charge is 0.118 e. The van der Waals surface area contributed by atoms with Gasteiger partial charge in [0.15, 0.2) is 0 Å². The lowest BCUT2D eigenvalue weighted by atomic mass is 9.73. The van der Waals surface area contributed by atoms with Gasteiger partial charge < -0.3 is 4.74 Å². The highest BCUT2D eigenvalue weighted by Crippen LogP contribution is 2.54. The zero-order valence-corrected chi connectivity index (χ0v) is 13.0. The number of hydrogen-bond donors (Lipinski definition) is 0. The molecule has 2 rings (SSSR count). The molecule has 0 N–H and O–H groups in total. The van der Waals surface area contributed by atoms with Crippen LogP contribution in [0.5, 0.6) is 5.75 Å². The lowest BCUT2D eigenvalue weighted by molar-refractivity contribution is 0.223. The largest absolute Gasteiger partial charge is 0.497 e. The maximum atomic E-state index is 6.87. The fourth-order valence-corrected chi connectivity index (χ4v) is 4.03. The van der Waals surface area contributed by atoms with Crippen molar-refractivity contribution in [3.8, 4) is 5.75 Å². The van der Waals surface area contributed by atoms with Crippen molar-refractivity contribution < 1.29 is 4.74 Å². The van der Waals surface area contributed by atoms with Crippen molar-refractivity contribution in [1.82, 2.24) is 0 Å². The van der Waals surface area contributed by atoms with Crippen molar-refractivity contribution in [3.05, 3.63) is 29.8 Å². The molecule has 1 aliphatic rings. The van der Waals surface area contributed by atoms with E-state index in [0.717, 1.165) is 5.75 Å². The van der Waals surface area contributed by atoms with Gasteiger partial charge >= 0.3 is 0 Å². The summed E-state index contributed by atoms with van der Waals surface area (Å²) in [6, 6.07) is 8.28. The summed E-state index contributed by atoms with van der Waals surface area (Å²) in [4.78, 5) is 0. The van der Waals surface area contributed by atoms with Crippen LogP contribution in [-0.4, -0.2) is 7.11 Å². The highest BCUT2D eigenvalue weighted by molar-refractivity contribution is 6.21. The Morgan fingerprint density at radius 3 is 2.21 bits per heavy atom. The highest BCUT2D eigenvalue weighted by Gasteiger charge is 2.41. The minimum absolute atomic E-state index is 0.128. The van der Waals surface area contributed by atoms with E-state index in [-0.39, 0.29) is 5.38 Å². The summed E-state index contributed by atoms with van der Waals surface area (Å²) >= 11 is 6.87. The zero-order chi connectivity index (χ0) is 13.9. The normalized spacial score (nSPS) is 19.6. The third-order valence-electron chi connectivity index (χ3n) is 4.36. The summed E-state index contributed by atoms with van der Waals surface area (Å²) in [5.74, 6) is 1.61. The quantitative estimate of drug-likeness (QED) is 0.640. The van der Waals surface area contributed by atoms with Gasteiger partial charge in [-0.3, -0.25) is 0 Å². The number of rotatable bonds is 5. The van der Waals surface area contributed by atoms with Crippen molar-refractivity contribution in [2.24, 2.45) is 11.3 Å². The summed E-state index contributed by atoms with van der Waals surface area (Å²) < 4.78 is 5.22. The predicted octanol–water partition coefficient (Wildman–Crippen LogP) is 5.58. The molecule has 0 bridgehead atoms. The maximum Gasteiger partial charge on any atom is 0.118 e. The number of ether oxygens (including phenoxy) is 1. The van der Waals surface area contributed by atoms with Gasteiger partial charge in [0.25, 0.3) is 0 Å². The number of alkyl halides is 1. The van der Waals surface area contributed by atoms with Crippen molar-refractivity contribution >= 4 is 11.6 Å². The molecule has 1 unspecified atom stereocenters. The number of halogens is 1. The molecule has 0 aliphatic heterocycles. The van der Waals surface area contributed by atoms with Gasteiger partial charge in [-0.05, 0) is 48.3 Å². The fourth-order valence-electron chi connectivity index (χ4n) is 3.58. The van der Waals surface area contributed by atoms with Gasteiger partial charge in [-0.1, -0.05) is 38.8 Å². The predicted molar refractivity (Wildman–Crippen MR) is 81.9 cm³/mol. The van der Waals surface area contributed by atoms with Crippen LogP contribution in [0.3, 0.4) is 0 Å². The van der Waals surface area contributed by atoms with Crippen LogP contribution in [0.25, 0.3) is 0 Å². The van der Waals surface area contributed by atoms with E-state index in [1.54, 1.807) is 7.11 Å². The average molecular weight is 281 g/mol. The topological polar surface area (TPSA) is 9.23 Å². The van der Waals surface area contributed by atoms with Crippen LogP contribution in [-0.2, 0) is 0 Å². The second-order valence-corrected chi connectivity index (χ2v) is 6.74. The summed E-state index contributed by atoms with van der Waals surface area (Å²) in [6.45, 7) is 4.61. The number of methoxy groups -OCH3 is 1. The van der Waals surface area contributed by atoms with E-state index in [1.165, 1.54) is 37.7 Å². The number of benzene rings is 1. The molecule has 0 radical (unpaired) electrons. The third kappa shape index (κ3) is 3.25. The second-order valence-electron chi connectivity index (χ2n) is 6.30. The summed E-state index contributed by atoms with van der Waals surface area (Å²) in [5, 5.41) is 0.128. The average Bonchev–Trinajstić information content (AvgIpc) is 2.87. The van der Waals surface area contributed by atoms with Gasteiger partial charge in [-0.15, -0.1) is 11.6 Å². The van der Waals surface area contributed by atoms with E-state index in [9.17, 15) is 0 Å². The SMILES string of the molecule is COc1ccc(C(Cl)C2(CC(C)C)CCCC2)cc1. The molecule has 1 aliphatic carbocycles. The van der Waals surface area contributed by atoms with Crippen LogP contribution in [0, 0.1) is 11.3 Å². The van der Waals surface area contributed by atoms with Crippen molar-refractivity contribution in [1.29, 1.82) is 0 Å². The van der Waals surface area contributed by atoms with Gasteiger partial charge in [0.2, 0.25) is 0 Å². The minimum atomic E-state index is 0.128. The van der Waals surface area contributed by atoms with Gasteiger partial charge in [0.05, 0.1) is 12.5 Å². The molecule has 106 valence electrons. The van der Waals surface area contributed by atoms with Crippen LogP contribution in [0.2, 0.25) is 0 Å². The van der Waals surface area contributed by atoms with E-state index in [2.05, 4.69) is 26.0 Å². The Kier molecular flexibility index (Phi) is 4.78. The van der Waals surface area contributed by atoms with Crippen LogP contribution in [0.4, 0.5) is 0 Å². The van der Waals surface area contributed by atoms with E-state index < -0.39 is 0 Å². The molecule has 1 aromatic rings. The minimum Gasteiger partial charge on any atom is -0.497 e. The van der Waals surface area contributed by atoms with Crippen molar-refractivity contribution in [3.63, 3.8) is 0 Å². The monoisotopic (exact) mass is 280 g/mol. The van der Waals surface area contributed by atoms with Gasteiger partial charge in [-0.25, -0.2) is 0 Å². The second kappa shape index (κ2) is 6.17. The molecular weight excluding hydrogens is 256 g/mol. The van der Waals surface area contributed by atoms with Crippen LogP contribution < -0.4 is 4.74 Å². The number of hydrogen-bond acceptors (Lipinski definition) is 1. The molecule has 19 heavy (non-hydrogen) atoms. The first-order chi connectivity index (χ1) is 9.07. The Morgan fingerprint density at radius 1 is 1.16 bits per heavy atom. The fraction of sp³-hybridized carbons (Fsp3) is 0.647. The highest BCUT2D eigenvalue weighted by atomic mass is 35.5. The molecule has 2 heteroatoms. The van der Waals surface area contributed by atoms with E-state index in [1.807, 2.05) is 12.1 Å². The van der Waals surface area contributed by atoms with Gasteiger partial charge in [0, 0.05) is 0 Å². The summed E-state index contributed by atoms with van der Waals surface area (Å²) in [7, 11) is 1.70. The molecule has 0 heterocycles. The first kappa shape index (κ1) is 14.7. The Balaban J connectivity index is 2.20. The third-order valence-corrected chi connectivity index (χ3v) is 5.08. The summed E-state index contributed by atoms with van der Waals surface area (Å²) in [6.07, 6.45) is 6.42. The Hall–Kier alpha value is -0.690. The molecule has 0 aromatic heterocycles. The van der Waals surface area contributed by atoms with Gasteiger partial charge in [-0.2, -0.15) is 0 Å². The molecule has 1 nitrogen and oxygen atoms in total. The first-order valence-corrected chi connectivity index (χ1v) is 7.79. The van der Waals surface area contributed by atoms with Crippen molar-refractivity contribution in [2.75, 3.05) is 7.11 Å². The first-order valence-electron chi connectivity index (χ1n) is 7.35. The van der Waals surface area contributed by atoms with E-state index >= 15 is 0 Å². The molecule has 0 spiro atoms. The Bertz CT molecular complexity index is 390. The Labute approximate surface area is 122 Å². The van der Waals surface area contributed by atoms with E-state index in [4.69, 9.17) is 16.3 Å². The van der Waals surface area contributed by atoms with Gasteiger partial charge in [0.1, 0.15) is 5.75 Å². The lowest BCUT2D eigenvalue weighted by Gasteiger charge is -2.36. The van der Waals surface area contributed by atoms with Crippen LogP contribution in [0.15, 0.2) is 24.3 Å².